The summed E-state index contributed by atoms with van der Waals surface area (Å²) in [5, 5.41) is 12.9. The molecule has 1 aromatic rings. The molecule has 0 radical (unpaired) electrons. The molecule has 2 rings (SSSR count). The summed E-state index contributed by atoms with van der Waals surface area (Å²) in [4.78, 5) is 23.8. The number of carbonyl (C=O) groups excluding carboxylic acids is 2. The lowest BCUT2D eigenvalue weighted by Crippen LogP contribution is -2.19. The topological polar surface area (TPSA) is 84.9 Å². The monoisotopic (exact) mass is 319 g/mol. The Kier molecular flexibility index (Phi) is 5.76. The average Bonchev–Trinajstić information content (AvgIpc) is 2.90. The summed E-state index contributed by atoms with van der Waals surface area (Å²) in [5.74, 6) is -1.46. The van der Waals surface area contributed by atoms with Crippen molar-refractivity contribution in [3.8, 4) is 0 Å². The lowest BCUT2D eigenvalue weighted by molar-refractivity contribution is -0.146. The van der Waals surface area contributed by atoms with Crippen LogP contribution in [0.3, 0.4) is 0 Å². The van der Waals surface area contributed by atoms with Crippen molar-refractivity contribution >= 4 is 17.6 Å². The summed E-state index contributed by atoms with van der Waals surface area (Å²) < 4.78 is 9.76. The second-order valence-corrected chi connectivity index (χ2v) is 5.07. The lowest BCUT2D eigenvalue weighted by atomic mass is 10.1. The number of fused-ring (bicyclic) bond motifs is 1. The van der Waals surface area contributed by atoms with Crippen LogP contribution < -0.4 is 5.32 Å². The van der Waals surface area contributed by atoms with Crippen LogP contribution in [-0.2, 0) is 25.5 Å². The molecule has 1 aliphatic carbocycles. The van der Waals surface area contributed by atoms with E-state index in [-0.39, 0.29) is 18.8 Å². The predicted octanol–water partition coefficient (Wildman–Crippen LogP) is 2.09. The molecule has 1 unspecified atom stereocenters. The van der Waals surface area contributed by atoms with Crippen LogP contribution >= 0.6 is 0 Å². The molecule has 1 atom stereocenters. The summed E-state index contributed by atoms with van der Waals surface area (Å²) in [7, 11) is 0. The van der Waals surface area contributed by atoms with Gasteiger partial charge >= 0.3 is 11.9 Å². The number of anilines is 1. The molecule has 0 amide bonds. The predicted molar refractivity (Wildman–Crippen MR) is 84.7 cm³/mol. The third-order valence-corrected chi connectivity index (χ3v) is 3.60. The summed E-state index contributed by atoms with van der Waals surface area (Å²) in [6.07, 6.45) is 2.24. The number of hydrogen-bond acceptors (Lipinski definition) is 6. The molecule has 2 N–H and O–H groups in total. The van der Waals surface area contributed by atoms with Gasteiger partial charge in [-0.2, -0.15) is 0 Å². The van der Waals surface area contributed by atoms with Gasteiger partial charge in [-0.1, -0.05) is 12.1 Å². The Morgan fingerprint density at radius 3 is 2.52 bits per heavy atom. The van der Waals surface area contributed by atoms with Crippen molar-refractivity contribution in [1.82, 2.24) is 0 Å². The van der Waals surface area contributed by atoms with Gasteiger partial charge in [0.2, 0.25) is 0 Å². The van der Waals surface area contributed by atoms with Gasteiger partial charge in [-0.25, -0.2) is 9.59 Å². The Balaban J connectivity index is 2.24. The summed E-state index contributed by atoms with van der Waals surface area (Å²) in [5.41, 5.74) is 2.43. The Bertz CT molecular complexity index is 603. The van der Waals surface area contributed by atoms with E-state index in [0.717, 1.165) is 23.2 Å². The number of esters is 2. The highest BCUT2D eigenvalue weighted by Gasteiger charge is 2.24. The number of aliphatic hydroxyl groups is 1. The van der Waals surface area contributed by atoms with Crippen molar-refractivity contribution in [3.05, 3.63) is 41.1 Å². The molecule has 1 aromatic carbocycles. The summed E-state index contributed by atoms with van der Waals surface area (Å²) >= 11 is 0. The SMILES string of the molecule is CCOC(=O)C(=CNc1cccc2c1CCC2O)C(=O)OCC. The normalized spacial score (nSPS) is 15.5. The first kappa shape index (κ1) is 17.0. The Hall–Kier alpha value is -2.34. The lowest BCUT2D eigenvalue weighted by Gasteiger charge is -2.11. The van der Waals surface area contributed by atoms with Crippen LogP contribution in [0.15, 0.2) is 30.0 Å². The summed E-state index contributed by atoms with van der Waals surface area (Å²) in [6.45, 7) is 3.67. The number of hydrogen-bond donors (Lipinski definition) is 2. The minimum absolute atomic E-state index is 0.169. The van der Waals surface area contributed by atoms with Crippen LogP contribution in [0, 0.1) is 0 Å². The Labute approximate surface area is 135 Å². The molecule has 0 fully saturated rings. The number of benzene rings is 1. The Morgan fingerprint density at radius 1 is 1.26 bits per heavy atom. The van der Waals surface area contributed by atoms with Gasteiger partial charge in [0, 0.05) is 11.9 Å². The molecule has 1 aliphatic rings. The number of carbonyl (C=O) groups is 2. The molecule has 124 valence electrons. The molecular weight excluding hydrogens is 298 g/mol. The average molecular weight is 319 g/mol. The molecule has 0 aliphatic heterocycles. The maximum atomic E-state index is 11.9. The highest BCUT2D eigenvalue weighted by molar-refractivity contribution is 6.14. The van der Waals surface area contributed by atoms with Gasteiger partial charge in [0.05, 0.1) is 19.3 Å². The molecule has 0 saturated heterocycles. The largest absolute Gasteiger partial charge is 0.462 e. The molecule has 23 heavy (non-hydrogen) atoms. The molecule has 0 heterocycles. The standard InChI is InChI=1S/C17H21NO5/c1-3-22-16(20)13(17(21)23-4-2)10-18-14-7-5-6-12-11(14)8-9-15(12)19/h5-7,10,15,18-19H,3-4,8-9H2,1-2H3. The molecule has 6 nitrogen and oxygen atoms in total. The minimum atomic E-state index is -0.730. The van der Waals surface area contributed by atoms with E-state index in [4.69, 9.17) is 9.47 Å². The second kappa shape index (κ2) is 7.78. The van der Waals surface area contributed by atoms with Gasteiger partial charge in [0.25, 0.3) is 0 Å². The number of rotatable bonds is 6. The van der Waals surface area contributed by atoms with Crippen molar-refractivity contribution in [2.75, 3.05) is 18.5 Å². The van der Waals surface area contributed by atoms with Crippen LogP contribution in [0.5, 0.6) is 0 Å². The fourth-order valence-electron chi connectivity index (χ4n) is 2.54. The van der Waals surface area contributed by atoms with E-state index in [1.165, 1.54) is 6.20 Å². The first-order chi connectivity index (χ1) is 11.1. The summed E-state index contributed by atoms with van der Waals surface area (Å²) in [6, 6.07) is 5.53. The smallest absolute Gasteiger partial charge is 0.347 e. The zero-order valence-corrected chi connectivity index (χ0v) is 13.3. The fourth-order valence-corrected chi connectivity index (χ4v) is 2.54. The second-order valence-electron chi connectivity index (χ2n) is 5.07. The van der Waals surface area contributed by atoms with E-state index in [9.17, 15) is 14.7 Å². The highest BCUT2D eigenvalue weighted by Crippen LogP contribution is 2.35. The quantitative estimate of drug-likeness (QED) is 0.361. The van der Waals surface area contributed by atoms with Crippen LogP contribution in [0.4, 0.5) is 5.69 Å². The van der Waals surface area contributed by atoms with E-state index in [1.807, 2.05) is 18.2 Å². The van der Waals surface area contributed by atoms with Gasteiger partial charge in [0.1, 0.15) is 0 Å². The maximum Gasteiger partial charge on any atom is 0.347 e. The third kappa shape index (κ3) is 3.90. The Morgan fingerprint density at radius 2 is 1.91 bits per heavy atom. The van der Waals surface area contributed by atoms with E-state index in [1.54, 1.807) is 13.8 Å². The van der Waals surface area contributed by atoms with E-state index in [2.05, 4.69) is 5.32 Å². The molecule has 0 spiro atoms. The first-order valence-corrected chi connectivity index (χ1v) is 7.69. The first-order valence-electron chi connectivity index (χ1n) is 7.69. The molecular formula is C17H21NO5. The van der Waals surface area contributed by atoms with Crippen LogP contribution in [0.25, 0.3) is 0 Å². The maximum absolute atomic E-state index is 11.9. The van der Waals surface area contributed by atoms with Crippen molar-refractivity contribution in [2.45, 2.75) is 32.8 Å². The van der Waals surface area contributed by atoms with E-state index >= 15 is 0 Å². The van der Waals surface area contributed by atoms with Crippen LogP contribution in [0.2, 0.25) is 0 Å². The van der Waals surface area contributed by atoms with E-state index < -0.39 is 18.0 Å². The van der Waals surface area contributed by atoms with E-state index in [0.29, 0.717) is 6.42 Å². The van der Waals surface area contributed by atoms with Gasteiger partial charge in [0.15, 0.2) is 5.57 Å². The van der Waals surface area contributed by atoms with Crippen molar-refractivity contribution in [3.63, 3.8) is 0 Å². The molecule has 0 aromatic heterocycles. The molecule has 0 saturated carbocycles. The fraction of sp³-hybridized carbons (Fsp3) is 0.412. The molecule has 6 heteroatoms. The number of aliphatic hydroxyl groups excluding tert-OH is 1. The van der Waals surface area contributed by atoms with Gasteiger partial charge in [-0.05, 0) is 43.9 Å². The van der Waals surface area contributed by atoms with Gasteiger partial charge in [-0.15, -0.1) is 0 Å². The van der Waals surface area contributed by atoms with Crippen molar-refractivity contribution in [1.29, 1.82) is 0 Å². The zero-order valence-electron chi connectivity index (χ0n) is 13.3. The number of nitrogens with one attached hydrogen (secondary N) is 1. The minimum Gasteiger partial charge on any atom is -0.462 e. The van der Waals surface area contributed by atoms with Crippen molar-refractivity contribution < 1.29 is 24.2 Å². The van der Waals surface area contributed by atoms with Crippen LogP contribution in [-0.4, -0.2) is 30.3 Å². The molecule has 0 bridgehead atoms. The number of ether oxygens (including phenoxy) is 2. The van der Waals surface area contributed by atoms with Crippen molar-refractivity contribution in [2.24, 2.45) is 0 Å². The van der Waals surface area contributed by atoms with Gasteiger partial charge < -0.3 is 19.9 Å². The third-order valence-electron chi connectivity index (χ3n) is 3.60. The zero-order chi connectivity index (χ0) is 16.8. The van der Waals surface area contributed by atoms with Gasteiger partial charge in [-0.3, -0.25) is 0 Å². The highest BCUT2D eigenvalue weighted by atomic mass is 16.6. The van der Waals surface area contributed by atoms with Crippen LogP contribution in [0.1, 0.15) is 37.5 Å².